The molecule has 1 fully saturated rings. The van der Waals surface area contributed by atoms with Gasteiger partial charge >= 0.3 is 7.12 Å². The molecule has 1 saturated heterocycles. The normalized spacial score (nSPS) is 16.7. The van der Waals surface area contributed by atoms with E-state index < -0.39 is 0 Å². The number of hydrogen-bond donors (Lipinski definition) is 0. The lowest BCUT2D eigenvalue weighted by Gasteiger charge is -2.32. The van der Waals surface area contributed by atoms with Crippen molar-refractivity contribution in [3.63, 3.8) is 0 Å². The zero-order chi connectivity index (χ0) is 23.1. The molecule has 164 valence electrons. The molecule has 0 N–H and O–H groups in total. The summed E-state index contributed by atoms with van der Waals surface area (Å²) in [5.74, 6) is 0. The molecule has 0 saturated carbocycles. The first kappa shape index (κ1) is 21.7. The van der Waals surface area contributed by atoms with Gasteiger partial charge in [-0.05, 0) is 66.5 Å². The Kier molecular flexibility index (Phi) is 5.48. The van der Waals surface area contributed by atoms with Crippen LogP contribution in [0.4, 0.5) is 0 Å². The molecule has 5 rings (SSSR count). The fraction of sp³-hybridized carbons (Fsp3) is 0.200. The van der Waals surface area contributed by atoms with Crippen molar-refractivity contribution in [2.75, 3.05) is 0 Å². The highest BCUT2D eigenvalue weighted by Crippen LogP contribution is 2.36. The van der Waals surface area contributed by atoms with Gasteiger partial charge in [0.15, 0.2) is 0 Å². The van der Waals surface area contributed by atoms with E-state index in [0.29, 0.717) is 0 Å². The summed E-state index contributed by atoms with van der Waals surface area (Å²) in [6.45, 7) is 8.34. The van der Waals surface area contributed by atoms with Gasteiger partial charge in [-0.3, -0.25) is 0 Å². The van der Waals surface area contributed by atoms with Crippen molar-refractivity contribution < 1.29 is 9.31 Å². The zero-order valence-corrected chi connectivity index (χ0v) is 19.7. The van der Waals surface area contributed by atoms with Crippen molar-refractivity contribution in [1.29, 1.82) is 0 Å². The molecule has 0 aromatic heterocycles. The monoisotopic (exact) mass is 432 g/mol. The number of benzene rings is 4. The summed E-state index contributed by atoms with van der Waals surface area (Å²) in [6.07, 6.45) is 0. The van der Waals surface area contributed by atoms with Gasteiger partial charge in [-0.2, -0.15) is 0 Å². The van der Waals surface area contributed by atoms with E-state index in [4.69, 9.17) is 9.31 Å². The lowest BCUT2D eigenvalue weighted by atomic mass is 9.78. The van der Waals surface area contributed by atoms with Crippen molar-refractivity contribution in [3.05, 3.63) is 103 Å². The molecule has 1 aliphatic heterocycles. The second-order valence-electron chi connectivity index (χ2n) is 9.73. The fourth-order valence-electron chi connectivity index (χ4n) is 4.18. The van der Waals surface area contributed by atoms with E-state index in [1.165, 1.54) is 27.8 Å². The molecule has 1 heterocycles. The molecular formula is C30H29BO2. The van der Waals surface area contributed by atoms with E-state index in [0.717, 1.165) is 11.0 Å². The second-order valence-corrected chi connectivity index (χ2v) is 9.73. The van der Waals surface area contributed by atoms with Gasteiger partial charge in [-0.25, -0.2) is 0 Å². The Labute approximate surface area is 197 Å². The zero-order valence-electron chi connectivity index (χ0n) is 19.7. The molecule has 33 heavy (non-hydrogen) atoms. The van der Waals surface area contributed by atoms with Crippen LogP contribution in [0.15, 0.2) is 103 Å². The molecule has 2 nitrogen and oxygen atoms in total. The SMILES string of the molecule is CC1(C)OB(c2cccc(-c3ccc(-c4ccc(-c5ccccc5)cc4)cc3)c2)OC1(C)C. The number of rotatable bonds is 4. The molecule has 0 amide bonds. The largest absolute Gasteiger partial charge is 0.494 e. The Morgan fingerprint density at radius 1 is 0.455 bits per heavy atom. The third-order valence-corrected chi connectivity index (χ3v) is 6.96. The Balaban J connectivity index is 1.36. The average Bonchev–Trinajstić information content (AvgIpc) is 3.07. The van der Waals surface area contributed by atoms with Crippen LogP contribution in [0.5, 0.6) is 0 Å². The maximum Gasteiger partial charge on any atom is 0.494 e. The van der Waals surface area contributed by atoms with E-state index in [2.05, 4.69) is 125 Å². The standard InChI is InChI=1S/C30H29BO2/c1-29(2)30(3,4)33-31(32-29)28-12-8-11-27(21-28)26-19-17-25(18-20-26)24-15-13-23(14-16-24)22-9-6-5-7-10-22/h5-21H,1-4H3. The van der Waals surface area contributed by atoms with Crippen LogP contribution in [0.1, 0.15) is 27.7 Å². The van der Waals surface area contributed by atoms with Crippen LogP contribution in [0, 0.1) is 0 Å². The molecule has 0 unspecified atom stereocenters. The summed E-state index contributed by atoms with van der Waals surface area (Å²) in [7, 11) is -0.350. The highest BCUT2D eigenvalue weighted by atomic mass is 16.7. The summed E-state index contributed by atoms with van der Waals surface area (Å²) < 4.78 is 12.5. The molecule has 0 atom stereocenters. The van der Waals surface area contributed by atoms with Crippen LogP contribution in [0.25, 0.3) is 33.4 Å². The van der Waals surface area contributed by atoms with Crippen molar-refractivity contribution in [1.82, 2.24) is 0 Å². The van der Waals surface area contributed by atoms with Crippen molar-refractivity contribution >= 4 is 12.6 Å². The number of hydrogen-bond acceptors (Lipinski definition) is 2. The van der Waals surface area contributed by atoms with Crippen molar-refractivity contribution in [2.45, 2.75) is 38.9 Å². The minimum Gasteiger partial charge on any atom is -0.399 e. The van der Waals surface area contributed by atoms with Gasteiger partial charge in [-0.1, -0.05) is 103 Å². The van der Waals surface area contributed by atoms with Crippen molar-refractivity contribution in [2.24, 2.45) is 0 Å². The topological polar surface area (TPSA) is 18.5 Å². The lowest BCUT2D eigenvalue weighted by molar-refractivity contribution is 0.00578. The van der Waals surface area contributed by atoms with Crippen LogP contribution in [0.3, 0.4) is 0 Å². The van der Waals surface area contributed by atoms with Gasteiger partial charge < -0.3 is 9.31 Å². The second kappa shape index (κ2) is 8.33. The minimum atomic E-state index is -0.350. The summed E-state index contributed by atoms with van der Waals surface area (Å²) in [5, 5.41) is 0. The molecule has 0 radical (unpaired) electrons. The third-order valence-electron chi connectivity index (χ3n) is 6.96. The molecule has 4 aromatic rings. The molecule has 3 heteroatoms. The van der Waals surface area contributed by atoms with Gasteiger partial charge in [-0.15, -0.1) is 0 Å². The Hall–Kier alpha value is -3.14. The van der Waals surface area contributed by atoms with Gasteiger partial charge in [0.05, 0.1) is 11.2 Å². The van der Waals surface area contributed by atoms with E-state index in [-0.39, 0.29) is 18.3 Å². The van der Waals surface area contributed by atoms with Gasteiger partial charge in [0.1, 0.15) is 0 Å². The fourth-order valence-corrected chi connectivity index (χ4v) is 4.18. The van der Waals surface area contributed by atoms with Crippen LogP contribution < -0.4 is 5.46 Å². The van der Waals surface area contributed by atoms with Crippen LogP contribution in [-0.4, -0.2) is 18.3 Å². The van der Waals surface area contributed by atoms with Gasteiger partial charge in [0, 0.05) is 0 Å². The van der Waals surface area contributed by atoms with Crippen LogP contribution in [-0.2, 0) is 9.31 Å². The minimum absolute atomic E-state index is 0.342. The van der Waals surface area contributed by atoms with Gasteiger partial charge in [0.25, 0.3) is 0 Å². The Morgan fingerprint density at radius 3 is 1.33 bits per heavy atom. The van der Waals surface area contributed by atoms with Crippen LogP contribution >= 0.6 is 0 Å². The van der Waals surface area contributed by atoms with E-state index in [9.17, 15) is 0 Å². The molecule has 4 aromatic carbocycles. The van der Waals surface area contributed by atoms with E-state index in [1.807, 2.05) is 6.07 Å². The molecule has 0 aliphatic carbocycles. The average molecular weight is 432 g/mol. The van der Waals surface area contributed by atoms with Gasteiger partial charge in [0.2, 0.25) is 0 Å². The first-order chi connectivity index (χ1) is 15.8. The summed E-state index contributed by atoms with van der Waals surface area (Å²) in [5.41, 5.74) is 7.60. The molecular weight excluding hydrogens is 403 g/mol. The summed E-state index contributed by atoms with van der Waals surface area (Å²) in [4.78, 5) is 0. The molecule has 0 bridgehead atoms. The predicted molar refractivity (Wildman–Crippen MR) is 138 cm³/mol. The Bertz CT molecular complexity index is 1230. The molecule has 0 spiro atoms. The predicted octanol–water partition coefficient (Wildman–Crippen LogP) is 6.99. The lowest BCUT2D eigenvalue weighted by Crippen LogP contribution is -2.41. The van der Waals surface area contributed by atoms with E-state index in [1.54, 1.807) is 0 Å². The van der Waals surface area contributed by atoms with Crippen molar-refractivity contribution in [3.8, 4) is 33.4 Å². The summed E-state index contributed by atoms with van der Waals surface area (Å²) >= 11 is 0. The third kappa shape index (κ3) is 4.27. The summed E-state index contributed by atoms with van der Waals surface area (Å²) in [6, 6.07) is 36.4. The molecule has 1 aliphatic rings. The van der Waals surface area contributed by atoms with Crippen LogP contribution in [0.2, 0.25) is 0 Å². The highest BCUT2D eigenvalue weighted by molar-refractivity contribution is 6.62. The maximum absolute atomic E-state index is 6.24. The van der Waals surface area contributed by atoms with E-state index >= 15 is 0 Å². The quantitative estimate of drug-likeness (QED) is 0.324. The Morgan fingerprint density at radius 2 is 0.848 bits per heavy atom. The highest BCUT2D eigenvalue weighted by Gasteiger charge is 2.51. The smallest absolute Gasteiger partial charge is 0.399 e. The maximum atomic E-state index is 6.24. The first-order valence-corrected chi connectivity index (χ1v) is 11.5. The first-order valence-electron chi connectivity index (χ1n) is 11.5.